The third kappa shape index (κ3) is 4.34. The molecule has 33 heavy (non-hydrogen) atoms. The van der Waals surface area contributed by atoms with Crippen LogP contribution in [0.1, 0.15) is 46.6 Å². The minimum Gasteiger partial charge on any atom is -0.444 e. The lowest BCUT2D eigenvalue weighted by Crippen LogP contribution is -2.50. The Hall–Kier alpha value is -3.30. The molecule has 2 aromatic rings. The number of amides is 3. The fraction of sp³-hybridized carbons (Fsp3) is 0.565. The SMILES string of the molecule is CCn1c(=O)n(C2CCC(=O)NC2=O)c2cccc(N3CCN(C(=O)OC(C)(C)C)CC3)c21. The number of anilines is 1. The second-order valence-corrected chi connectivity index (χ2v) is 9.46. The molecule has 0 saturated carbocycles. The zero-order valence-electron chi connectivity index (χ0n) is 19.6. The van der Waals surface area contributed by atoms with Crippen molar-refractivity contribution in [3.63, 3.8) is 0 Å². The average Bonchev–Trinajstić information content (AvgIpc) is 3.04. The standard InChI is InChI=1S/C23H31N5O5/c1-5-27-19-15(25-11-13-26(14-12-25)22(32)33-23(2,3)4)7-6-8-16(19)28(21(27)31)17-9-10-18(29)24-20(17)30/h6-8,17H,5,9-14H2,1-4H3,(H,24,29,30). The molecule has 2 fully saturated rings. The monoisotopic (exact) mass is 457 g/mol. The van der Waals surface area contributed by atoms with Crippen molar-refractivity contribution < 1.29 is 19.1 Å². The molecule has 0 radical (unpaired) electrons. The summed E-state index contributed by atoms with van der Waals surface area (Å²) in [5.74, 6) is -0.757. The molecule has 3 amide bonds. The molecule has 0 aliphatic carbocycles. The molecule has 0 spiro atoms. The molecular formula is C23H31N5O5. The number of ether oxygens (including phenoxy) is 1. The predicted octanol–water partition coefficient (Wildman–Crippen LogP) is 1.86. The molecule has 1 aromatic heterocycles. The van der Waals surface area contributed by atoms with E-state index >= 15 is 0 Å². The molecular weight excluding hydrogens is 426 g/mol. The summed E-state index contributed by atoms with van der Waals surface area (Å²) in [5, 5.41) is 2.35. The van der Waals surface area contributed by atoms with E-state index in [-0.39, 0.29) is 24.1 Å². The summed E-state index contributed by atoms with van der Waals surface area (Å²) in [4.78, 5) is 53.7. The number of carbonyl (C=O) groups excluding carboxylic acids is 3. The number of imidazole rings is 1. The van der Waals surface area contributed by atoms with E-state index in [0.29, 0.717) is 44.7 Å². The smallest absolute Gasteiger partial charge is 0.410 e. The van der Waals surface area contributed by atoms with Crippen LogP contribution in [0.25, 0.3) is 11.0 Å². The first kappa shape index (κ1) is 22.9. The molecule has 1 atom stereocenters. The highest BCUT2D eigenvalue weighted by Crippen LogP contribution is 2.30. The van der Waals surface area contributed by atoms with Crippen LogP contribution >= 0.6 is 0 Å². The van der Waals surface area contributed by atoms with Crippen LogP contribution in [0.4, 0.5) is 10.5 Å². The third-order valence-corrected chi connectivity index (χ3v) is 6.07. The molecule has 2 aliphatic rings. The van der Waals surface area contributed by atoms with Gasteiger partial charge in [0.2, 0.25) is 11.8 Å². The van der Waals surface area contributed by atoms with Gasteiger partial charge in [0.15, 0.2) is 0 Å². The van der Waals surface area contributed by atoms with Gasteiger partial charge in [-0.05, 0) is 46.2 Å². The zero-order valence-corrected chi connectivity index (χ0v) is 19.6. The number of carbonyl (C=O) groups is 3. The van der Waals surface area contributed by atoms with Gasteiger partial charge in [0.25, 0.3) is 0 Å². The number of benzene rings is 1. The Kier molecular flexibility index (Phi) is 5.94. The number of aryl methyl sites for hydroxylation is 1. The normalized spacial score (nSPS) is 19.7. The fourth-order valence-electron chi connectivity index (χ4n) is 4.55. The predicted molar refractivity (Wildman–Crippen MR) is 123 cm³/mol. The van der Waals surface area contributed by atoms with Crippen LogP contribution in [0.2, 0.25) is 0 Å². The molecule has 10 heteroatoms. The fourth-order valence-corrected chi connectivity index (χ4v) is 4.55. The molecule has 0 bridgehead atoms. The first-order valence-electron chi connectivity index (χ1n) is 11.4. The summed E-state index contributed by atoms with van der Waals surface area (Å²) >= 11 is 0. The van der Waals surface area contributed by atoms with Crippen molar-refractivity contribution in [3.8, 4) is 0 Å². The number of nitrogens with one attached hydrogen (secondary N) is 1. The number of hydrogen-bond donors (Lipinski definition) is 1. The minimum absolute atomic E-state index is 0.202. The number of para-hydroxylation sites is 1. The van der Waals surface area contributed by atoms with Crippen LogP contribution in [0.5, 0.6) is 0 Å². The van der Waals surface area contributed by atoms with Crippen LogP contribution in [0.3, 0.4) is 0 Å². The van der Waals surface area contributed by atoms with Gasteiger partial charge in [-0.2, -0.15) is 0 Å². The maximum absolute atomic E-state index is 13.3. The van der Waals surface area contributed by atoms with Gasteiger partial charge in [0.1, 0.15) is 11.6 Å². The summed E-state index contributed by atoms with van der Waals surface area (Å²) in [6, 6.07) is 4.96. The van der Waals surface area contributed by atoms with E-state index in [4.69, 9.17) is 4.74 Å². The van der Waals surface area contributed by atoms with Crippen molar-refractivity contribution in [2.75, 3.05) is 31.1 Å². The van der Waals surface area contributed by atoms with E-state index in [9.17, 15) is 19.2 Å². The first-order chi connectivity index (χ1) is 15.6. The number of fused-ring (bicyclic) bond motifs is 1. The molecule has 10 nitrogen and oxygen atoms in total. The van der Waals surface area contributed by atoms with Crippen LogP contribution in [0.15, 0.2) is 23.0 Å². The number of aromatic nitrogens is 2. The van der Waals surface area contributed by atoms with E-state index in [1.807, 2.05) is 45.9 Å². The van der Waals surface area contributed by atoms with Crippen molar-refractivity contribution in [2.45, 2.75) is 58.7 Å². The van der Waals surface area contributed by atoms with Gasteiger partial charge in [-0.3, -0.25) is 24.0 Å². The highest BCUT2D eigenvalue weighted by molar-refractivity contribution is 6.00. The second-order valence-electron chi connectivity index (χ2n) is 9.46. The van der Waals surface area contributed by atoms with Gasteiger partial charge in [0, 0.05) is 39.1 Å². The Bertz CT molecular complexity index is 1150. The van der Waals surface area contributed by atoms with Gasteiger partial charge < -0.3 is 14.5 Å². The summed E-state index contributed by atoms with van der Waals surface area (Å²) in [6.07, 6.45) is 0.176. The number of piperidine rings is 1. The lowest BCUT2D eigenvalue weighted by Gasteiger charge is -2.37. The van der Waals surface area contributed by atoms with Gasteiger partial charge in [-0.15, -0.1) is 0 Å². The Morgan fingerprint density at radius 2 is 1.82 bits per heavy atom. The highest BCUT2D eigenvalue weighted by Gasteiger charge is 2.33. The number of hydrogen-bond acceptors (Lipinski definition) is 6. The largest absolute Gasteiger partial charge is 0.444 e. The van der Waals surface area contributed by atoms with Crippen molar-refractivity contribution in [2.24, 2.45) is 0 Å². The quantitative estimate of drug-likeness (QED) is 0.706. The molecule has 1 N–H and O–H groups in total. The molecule has 3 heterocycles. The third-order valence-electron chi connectivity index (χ3n) is 6.07. The Morgan fingerprint density at radius 1 is 1.12 bits per heavy atom. The van der Waals surface area contributed by atoms with E-state index in [0.717, 1.165) is 11.2 Å². The Morgan fingerprint density at radius 3 is 2.42 bits per heavy atom. The van der Waals surface area contributed by atoms with E-state index in [2.05, 4.69) is 10.2 Å². The Balaban J connectivity index is 1.65. The van der Waals surface area contributed by atoms with Crippen molar-refractivity contribution in [1.29, 1.82) is 0 Å². The summed E-state index contributed by atoms with van der Waals surface area (Å²) in [6.45, 7) is 10.1. The zero-order chi connectivity index (χ0) is 23.9. The average molecular weight is 458 g/mol. The highest BCUT2D eigenvalue weighted by atomic mass is 16.6. The van der Waals surface area contributed by atoms with Crippen LogP contribution in [0, 0.1) is 0 Å². The molecule has 1 aromatic carbocycles. The Labute approximate surface area is 192 Å². The maximum atomic E-state index is 13.3. The molecule has 1 unspecified atom stereocenters. The second kappa shape index (κ2) is 8.57. The minimum atomic E-state index is -0.718. The maximum Gasteiger partial charge on any atom is 0.410 e. The first-order valence-corrected chi connectivity index (χ1v) is 11.4. The van der Waals surface area contributed by atoms with Gasteiger partial charge >= 0.3 is 11.8 Å². The summed E-state index contributed by atoms with van der Waals surface area (Å²) in [7, 11) is 0. The number of piperazine rings is 1. The van der Waals surface area contributed by atoms with Gasteiger partial charge in [-0.25, -0.2) is 9.59 Å². The number of imide groups is 1. The molecule has 178 valence electrons. The lowest BCUT2D eigenvalue weighted by molar-refractivity contribution is -0.135. The van der Waals surface area contributed by atoms with E-state index in [1.165, 1.54) is 4.57 Å². The van der Waals surface area contributed by atoms with E-state index < -0.39 is 17.6 Å². The van der Waals surface area contributed by atoms with Crippen molar-refractivity contribution >= 4 is 34.6 Å². The van der Waals surface area contributed by atoms with Crippen LogP contribution < -0.4 is 15.9 Å². The molecule has 4 rings (SSSR count). The summed E-state index contributed by atoms with van der Waals surface area (Å²) in [5.41, 5.74) is 1.52. The topological polar surface area (TPSA) is 106 Å². The molecule has 2 saturated heterocycles. The number of rotatable bonds is 3. The number of nitrogens with zero attached hydrogens (tertiary/aromatic N) is 4. The van der Waals surface area contributed by atoms with E-state index in [1.54, 1.807) is 9.47 Å². The van der Waals surface area contributed by atoms with Crippen LogP contribution in [-0.2, 0) is 20.9 Å². The van der Waals surface area contributed by atoms with Crippen molar-refractivity contribution in [3.05, 3.63) is 28.7 Å². The summed E-state index contributed by atoms with van der Waals surface area (Å²) < 4.78 is 8.68. The lowest BCUT2D eigenvalue weighted by atomic mass is 10.1. The van der Waals surface area contributed by atoms with Crippen molar-refractivity contribution in [1.82, 2.24) is 19.4 Å². The van der Waals surface area contributed by atoms with Gasteiger partial charge in [0.05, 0.1) is 16.7 Å². The van der Waals surface area contributed by atoms with Gasteiger partial charge in [-0.1, -0.05) is 6.07 Å². The van der Waals surface area contributed by atoms with Crippen LogP contribution in [-0.4, -0.2) is 63.7 Å². The molecule has 2 aliphatic heterocycles.